The minimum atomic E-state index is -0.861. The lowest BCUT2D eigenvalue weighted by molar-refractivity contribution is 0.622. The molecular formula is C29H24BFN2. The summed E-state index contributed by atoms with van der Waals surface area (Å²) in [4.78, 5) is 5.05. The van der Waals surface area contributed by atoms with E-state index in [1.165, 1.54) is 6.07 Å². The predicted molar refractivity (Wildman–Crippen MR) is 136 cm³/mol. The minimum absolute atomic E-state index is 0.152. The number of aliphatic imine (C=N–C) groups is 1. The number of nitrogens with zero attached hydrogens (tertiary/aromatic N) is 1. The summed E-state index contributed by atoms with van der Waals surface area (Å²) in [5.74, 6) is -0.413. The average molecular weight is 430 g/mol. The predicted octanol–water partition coefficient (Wildman–Crippen LogP) is 5.99. The lowest BCUT2D eigenvalue weighted by Crippen LogP contribution is -2.27. The zero-order valence-corrected chi connectivity index (χ0v) is 18.4. The molecule has 160 valence electrons. The summed E-state index contributed by atoms with van der Waals surface area (Å²) < 4.78 is 14.5. The molecule has 2 radical (unpaired) electrons. The third-order valence-electron chi connectivity index (χ3n) is 5.70. The smallest absolute Gasteiger partial charge is 0.136 e. The monoisotopic (exact) mass is 430 g/mol. The maximum atomic E-state index is 14.5. The Balaban J connectivity index is 1.93. The molecule has 0 aliphatic carbocycles. The molecule has 0 fully saturated rings. The summed E-state index contributed by atoms with van der Waals surface area (Å²) in [6, 6.07) is 35.0. The number of nitrogens with two attached hydrogens (primary N) is 1. The molecule has 0 heterocycles. The van der Waals surface area contributed by atoms with Crippen molar-refractivity contribution in [2.45, 2.75) is 12.5 Å². The van der Waals surface area contributed by atoms with Crippen LogP contribution < -0.4 is 5.73 Å². The molecule has 0 unspecified atom stereocenters. The molecule has 0 aliphatic rings. The fourth-order valence-electron chi connectivity index (χ4n) is 3.99. The van der Waals surface area contributed by atoms with Crippen molar-refractivity contribution in [3.05, 3.63) is 148 Å². The van der Waals surface area contributed by atoms with E-state index < -0.39 is 11.4 Å². The van der Waals surface area contributed by atoms with Crippen LogP contribution in [0.5, 0.6) is 0 Å². The summed E-state index contributed by atoms with van der Waals surface area (Å²) in [5.41, 5.74) is 9.75. The molecule has 4 heteroatoms. The van der Waals surface area contributed by atoms with Gasteiger partial charge in [-0.15, -0.1) is 0 Å². The molecule has 33 heavy (non-hydrogen) atoms. The van der Waals surface area contributed by atoms with Crippen LogP contribution in [0.2, 0.25) is 0 Å². The van der Waals surface area contributed by atoms with Gasteiger partial charge in [-0.3, -0.25) is 4.99 Å². The van der Waals surface area contributed by atoms with Crippen LogP contribution in [0.25, 0.3) is 5.70 Å². The van der Waals surface area contributed by atoms with E-state index in [0.29, 0.717) is 0 Å². The third-order valence-corrected chi connectivity index (χ3v) is 5.70. The van der Waals surface area contributed by atoms with Gasteiger partial charge in [-0.25, -0.2) is 4.39 Å². The second kappa shape index (κ2) is 9.70. The van der Waals surface area contributed by atoms with Gasteiger partial charge in [-0.1, -0.05) is 103 Å². The number of hydrogen-bond acceptors (Lipinski definition) is 2. The fraction of sp³-hybridized carbons (Fsp3) is 0.0690. The summed E-state index contributed by atoms with van der Waals surface area (Å²) >= 11 is 0. The molecular weight excluding hydrogens is 406 g/mol. The Kier molecular flexibility index (Phi) is 6.55. The highest BCUT2D eigenvalue weighted by molar-refractivity contribution is 6.36. The van der Waals surface area contributed by atoms with Crippen molar-refractivity contribution in [1.82, 2.24) is 0 Å². The Labute approximate surface area is 195 Å². The molecule has 0 atom stereocenters. The molecule has 0 spiro atoms. The lowest BCUT2D eigenvalue weighted by atomic mass is 9.77. The Morgan fingerprint density at radius 3 is 1.67 bits per heavy atom. The van der Waals surface area contributed by atoms with Gasteiger partial charge in [0.05, 0.1) is 0 Å². The van der Waals surface area contributed by atoms with E-state index in [4.69, 9.17) is 18.6 Å². The van der Waals surface area contributed by atoms with Crippen LogP contribution in [0.4, 0.5) is 4.39 Å². The van der Waals surface area contributed by atoms with E-state index in [1.54, 1.807) is 18.3 Å². The van der Waals surface area contributed by atoms with Crippen molar-refractivity contribution in [2.75, 3.05) is 0 Å². The van der Waals surface area contributed by atoms with Gasteiger partial charge in [0.1, 0.15) is 19.2 Å². The lowest BCUT2D eigenvalue weighted by Gasteiger charge is -2.32. The zero-order valence-electron chi connectivity index (χ0n) is 18.4. The van der Waals surface area contributed by atoms with Gasteiger partial charge in [-0.05, 0) is 41.3 Å². The van der Waals surface area contributed by atoms with Crippen molar-refractivity contribution in [2.24, 2.45) is 10.7 Å². The van der Waals surface area contributed by atoms with Crippen LogP contribution >= 0.6 is 0 Å². The molecule has 2 N–H and O–H groups in total. The quantitative estimate of drug-likeness (QED) is 0.228. The molecule has 0 aromatic heterocycles. The number of benzene rings is 4. The van der Waals surface area contributed by atoms with Gasteiger partial charge in [0.2, 0.25) is 0 Å². The number of halogens is 1. The van der Waals surface area contributed by atoms with Crippen LogP contribution in [-0.4, -0.2) is 14.1 Å². The van der Waals surface area contributed by atoms with E-state index in [1.807, 2.05) is 97.9 Å². The van der Waals surface area contributed by atoms with E-state index >= 15 is 0 Å². The summed E-state index contributed by atoms with van der Waals surface area (Å²) in [7, 11) is 6.34. The SMILES string of the molecule is [B]C(C=NC(c1ccccc1)(c1ccccc1)c1ccccc1)=C(N)c1ccc(C)cc1F. The van der Waals surface area contributed by atoms with Crippen molar-refractivity contribution >= 4 is 19.8 Å². The first-order valence-corrected chi connectivity index (χ1v) is 10.8. The molecule has 4 aromatic carbocycles. The van der Waals surface area contributed by atoms with Crippen molar-refractivity contribution in [1.29, 1.82) is 0 Å². The van der Waals surface area contributed by atoms with Gasteiger partial charge >= 0.3 is 0 Å². The van der Waals surface area contributed by atoms with Crippen molar-refractivity contribution in [3.63, 3.8) is 0 Å². The standard InChI is InChI=1S/C29H24BFN2/c1-21-17-18-25(27(31)19-21)28(32)26(30)20-33-29(22-11-5-2-6-12-22,23-13-7-3-8-14-23)24-15-9-4-10-16-24/h2-20H,32H2,1H3. The molecule has 4 aromatic rings. The number of rotatable bonds is 6. The van der Waals surface area contributed by atoms with Gasteiger partial charge in [-0.2, -0.15) is 0 Å². The zero-order chi connectivity index (χ0) is 23.3. The normalized spacial score (nSPS) is 12.5. The molecule has 2 nitrogen and oxygen atoms in total. The van der Waals surface area contributed by atoms with E-state index in [-0.39, 0.29) is 16.7 Å². The van der Waals surface area contributed by atoms with Crippen LogP contribution in [0.3, 0.4) is 0 Å². The van der Waals surface area contributed by atoms with Gasteiger partial charge < -0.3 is 5.73 Å². The minimum Gasteiger partial charge on any atom is -0.399 e. The average Bonchev–Trinajstić information content (AvgIpc) is 2.86. The van der Waals surface area contributed by atoms with Crippen molar-refractivity contribution in [3.8, 4) is 0 Å². The number of hydrogen-bond donors (Lipinski definition) is 1. The first kappa shape index (κ1) is 22.3. The second-order valence-electron chi connectivity index (χ2n) is 7.92. The summed E-state index contributed by atoms with van der Waals surface area (Å²) in [5, 5.41) is 0. The highest BCUT2D eigenvalue weighted by Gasteiger charge is 2.35. The topological polar surface area (TPSA) is 38.4 Å². The summed E-state index contributed by atoms with van der Waals surface area (Å²) in [6.45, 7) is 1.82. The molecule has 0 bridgehead atoms. The maximum Gasteiger partial charge on any atom is 0.136 e. The Morgan fingerprint density at radius 1 is 0.788 bits per heavy atom. The van der Waals surface area contributed by atoms with Gasteiger partial charge in [0.25, 0.3) is 0 Å². The van der Waals surface area contributed by atoms with Crippen molar-refractivity contribution < 1.29 is 4.39 Å². The highest BCUT2D eigenvalue weighted by atomic mass is 19.1. The van der Waals surface area contributed by atoms with Gasteiger partial charge in [0, 0.05) is 17.5 Å². The largest absolute Gasteiger partial charge is 0.399 e. The number of allylic oxidation sites excluding steroid dienone is 1. The van der Waals surface area contributed by atoms with Crippen LogP contribution in [0.1, 0.15) is 27.8 Å². The highest BCUT2D eigenvalue weighted by Crippen LogP contribution is 2.40. The molecule has 0 amide bonds. The molecule has 4 rings (SSSR count). The molecule has 0 aliphatic heterocycles. The van der Waals surface area contributed by atoms with E-state index in [9.17, 15) is 4.39 Å². The van der Waals surface area contributed by atoms with E-state index in [0.717, 1.165) is 22.3 Å². The third kappa shape index (κ3) is 4.51. The molecule has 0 saturated carbocycles. The van der Waals surface area contributed by atoms with Gasteiger partial charge in [0.15, 0.2) is 0 Å². The van der Waals surface area contributed by atoms with E-state index in [2.05, 4.69) is 0 Å². The Morgan fingerprint density at radius 2 is 1.24 bits per heavy atom. The van der Waals surface area contributed by atoms with Crippen LogP contribution in [0, 0.1) is 12.7 Å². The van der Waals surface area contributed by atoms with Crippen LogP contribution in [-0.2, 0) is 5.54 Å². The first-order chi connectivity index (χ1) is 16.0. The van der Waals surface area contributed by atoms with Crippen LogP contribution in [0.15, 0.2) is 120 Å². The Hall–Kier alpha value is -3.92. The second-order valence-corrected chi connectivity index (χ2v) is 7.92. The fourth-order valence-corrected chi connectivity index (χ4v) is 3.99. The Bertz CT molecular complexity index is 1190. The molecule has 0 saturated heterocycles. The summed E-state index contributed by atoms with van der Waals surface area (Å²) in [6.07, 6.45) is 1.54. The maximum absolute atomic E-state index is 14.5. The number of aryl methyl sites for hydroxylation is 1. The first-order valence-electron chi connectivity index (χ1n) is 10.8.